The van der Waals surface area contributed by atoms with Crippen molar-refractivity contribution in [3.63, 3.8) is 0 Å². The van der Waals surface area contributed by atoms with E-state index in [1.165, 1.54) is 10.4 Å². The van der Waals surface area contributed by atoms with Crippen molar-refractivity contribution in [2.75, 3.05) is 13.7 Å². The molecule has 8 heteroatoms. The van der Waals surface area contributed by atoms with Crippen LogP contribution in [0.2, 0.25) is 0 Å². The summed E-state index contributed by atoms with van der Waals surface area (Å²) in [5, 5.41) is 3.68. The minimum absolute atomic E-state index is 0.0611. The lowest BCUT2D eigenvalue weighted by atomic mass is 9.91. The molecule has 1 saturated carbocycles. The van der Waals surface area contributed by atoms with Gasteiger partial charge in [0.2, 0.25) is 11.3 Å². The van der Waals surface area contributed by atoms with Gasteiger partial charge in [0.05, 0.1) is 24.6 Å². The summed E-state index contributed by atoms with van der Waals surface area (Å²) in [4.78, 5) is 40.7. The van der Waals surface area contributed by atoms with Crippen molar-refractivity contribution in [3.8, 4) is 16.2 Å². The summed E-state index contributed by atoms with van der Waals surface area (Å²) in [6.07, 6.45) is 6.26. The minimum atomic E-state index is -0.592. The Morgan fingerprint density at radius 2 is 1.95 bits per heavy atom. The monoisotopic (exact) mass is 522 g/mol. The Labute approximate surface area is 220 Å². The molecule has 196 valence electrons. The number of nitrogens with one attached hydrogen (secondary N) is 1. The van der Waals surface area contributed by atoms with Gasteiger partial charge in [0.15, 0.2) is 5.75 Å². The van der Waals surface area contributed by atoms with Crippen LogP contribution < -0.4 is 15.5 Å². The Bertz CT molecular complexity index is 1440. The van der Waals surface area contributed by atoms with Crippen molar-refractivity contribution in [1.29, 1.82) is 0 Å². The highest BCUT2D eigenvalue weighted by atomic mass is 32.1. The largest absolute Gasteiger partial charge is 0.494 e. The van der Waals surface area contributed by atoms with E-state index in [1.807, 2.05) is 37.5 Å². The number of aromatic nitrogens is 1. The zero-order valence-electron chi connectivity index (χ0n) is 22.1. The molecule has 1 N–H and O–H groups in total. The number of carbonyl (C=O) groups is 2. The average molecular weight is 523 g/mol. The number of methoxy groups -OCH3 is 1. The van der Waals surface area contributed by atoms with Gasteiger partial charge >= 0.3 is 5.97 Å². The number of nitrogens with zero attached hydrogens (tertiary/aromatic N) is 1. The summed E-state index contributed by atoms with van der Waals surface area (Å²) in [5.41, 5.74) is 2.28. The Kier molecular flexibility index (Phi) is 6.64. The number of carbonyl (C=O) groups excluding carboxylic acids is 2. The quantitative estimate of drug-likeness (QED) is 0.446. The highest BCUT2D eigenvalue weighted by Crippen LogP contribution is 2.45. The number of benzene rings is 1. The van der Waals surface area contributed by atoms with Gasteiger partial charge in [-0.25, -0.2) is 4.79 Å². The van der Waals surface area contributed by atoms with Gasteiger partial charge in [-0.15, -0.1) is 11.3 Å². The standard InChI is InChI=1S/C29H34N2O5S/c1-6-36-27(33)21-15-31(18-9-10-18)24-20(25(21)32)12-11-19(26(24)35-5)23-13-16-7-8-17(14-22(16)37-23)30-28(34)29(2,3)4/h11-13,15,17-18H,6-10,14H2,1-5H3,(H,30,34). The number of fused-ring (bicyclic) bond motifs is 2. The average Bonchev–Trinajstić information content (AvgIpc) is 3.61. The summed E-state index contributed by atoms with van der Waals surface area (Å²) in [5.74, 6) is 0.133. The fourth-order valence-corrected chi connectivity index (χ4v) is 6.29. The van der Waals surface area contributed by atoms with Crippen LogP contribution in [0.1, 0.15) is 73.8 Å². The molecule has 37 heavy (non-hydrogen) atoms. The number of rotatable bonds is 6. The van der Waals surface area contributed by atoms with Crippen LogP contribution in [-0.4, -0.2) is 36.2 Å². The van der Waals surface area contributed by atoms with Gasteiger partial charge < -0.3 is 19.4 Å². The van der Waals surface area contributed by atoms with Gasteiger partial charge in [0.25, 0.3) is 0 Å². The van der Waals surface area contributed by atoms with E-state index >= 15 is 0 Å². The molecule has 1 fully saturated rings. The number of ether oxygens (including phenoxy) is 2. The summed E-state index contributed by atoms with van der Waals surface area (Å²) in [7, 11) is 1.63. The third kappa shape index (κ3) is 4.79. The van der Waals surface area contributed by atoms with Crippen molar-refractivity contribution in [1.82, 2.24) is 9.88 Å². The first-order valence-electron chi connectivity index (χ1n) is 13.0. The molecular formula is C29H34N2O5S. The smallest absolute Gasteiger partial charge is 0.343 e. The second-order valence-electron chi connectivity index (χ2n) is 11.0. The van der Waals surface area contributed by atoms with E-state index in [1.54, 1.807) is 31.6 Å². The van der Waals surface area contributed by atoms with Crippen LogP contribution in [0.4, 0.5) is 0 Å². The first-order chi connectivity index (χ1) is 17.6. The molecule has 0 spiro atoms. The summed E-state index contributed by atoms with van der Waals surface area (Å²) in [6.45, 7) is 7.75. The van der Waals surface area contributed by atoms with Gasteiger partial charge in [0, 0.05) is 45.4 Å². The molecule has 1 unspecified atom stereocenters. The molecule has 2 heterocycles. The molecule has 7 nitrogen and oxygen atoms in total. The third-order valence-electron chi connectivity index (χ3n) is 7.16. The zero-order chi connectivity index (χ0) is 26.5. The number of amides is 1. The van der Waals surface area contributed by atoms with Gasteiger partial charge in [-0.05, 0) is 56.4 Å². The van der Waals surface area contributed by atoms with Crippen molar-refractivity contribution in [2.45, 2.75) is 71.9 Å². The predicted molar refractivity (Wildman–Crippen MR) is 146 cm³/mol. The number of esters is 1. The van der Waals surface area contributed by atoms with Crippen molar-refractivity contribution in [3.05, 3.63) is 50.6 Å². The predicted octanol–water partition coefficient (Wildman–Crippen LogP) is 5.27. The number of thiophene rings is 1. The van der Waals surface area contributed by atoms with E-state index in [0.29, 0.717) is 11.1 Å². The summed E-state index contributed by atoms with van der Waals surface area (Å²) >= 11 is 1.72. The molecule has 0 radical (unpaired) electrons. The maximum absolute atomic E-state index is 13.3. The zero-order valence-corrected chi connectivity index (χ0v) is 22.9. The maximum Gasteiger partial charge on any atom is 0.343 e. The van der Waals surface area contributed by atoms with Gasteiger partial charge in [0.1, 0.15) is 5.56 Å². The number of hydrogen-bond acceptors (Lipinski definition) is 6. The number of pyridine rings is 1. The van der Waals surface area contributed by atoms with Crippen LogP contribution >= 0.6 is 11.3 Å². The van der Waals surface area contributed by atoms with Crippen LogP contribution in [0.25, 0.3) is 21.3 Å². The molecule has 0 saturated heterocycles. The minimum Gasteiger partial charge on any atom is -0.494 e. The molecular weight excluding hydrogens is 488 g/mol. The molecule has 0 aliphatic heterocycles. The van der Waals surface area contributed by atoms with Crippen molar-refractivity contribution >= 4 is 34.1 Å². The fraction of sp³-hybridized carbons (Fsp3) is 0.483. The van der Waals surface area contributed by atoms with Crippen molar-refractivity contribution in [2.24, 2.45) is 5.41 Å². The Morgan fingerprint density at radius 3 is 2.59 bits per heavy atom. The molecule has 3 aromatic rings. The lowest BCUT2D eigenvalue weighted by Gasteiger charge is -2.27. The normalized spacial score (nSPS) is 17.4. The number of hydrogen-bond donors (Lipinski definition) is 1. The third-order valence-corrected chi connectivity index (χ3v) is 8.39. The van der Waals surface area contributed by atoms with Gasteiger partial charge in [-0.2, -0.15) is 0 Å². The lowest BCUT2D eigenvalue weighted by molar-refractivity contribution is -0.129. The topological polar surface area (TPSA) is 86.6 Å². The van der Waals surface area contributed by atoms with E-state index in [9.17, 15) is 14.4 Å². The van der Waals surface area contributed by atoms with E-state index in [2.05, 4.69) is 11.4 Å². The molecule has 2 aliphatic carbocycles. The fourth-order valence-electron chi connectivity index (χ4n) is 4.98. The maximum atomic E-state index is 13.3. The van der Waals surface area contributed by atoms with E-state index in [-0.39, 0.29) is 35.6 Å². The van der Waals surface area contributed by atoms with Crippen LogP contribution in [0, 0.1) is 5.41 Å². The Hall–Kier alpha value is -3.13. The molecule has 0 bridgehead atoms. The van der Waals surface area contributed by atoms with Crippen LogP contribution in [-0.2, 0) is 22.4 Å². The van der Waals surface area contributed by atoms with E-state index in [4.69, 9.17) is 9.47 Å². The van der Waals surface area contributed by atoms with Gasteiger partial charge in [-0.3, -0.25) is 9.59 Å². The van der Waals surface area contributed by atoms with Crippen LogP contribution in [0.15, 0.2) is 29.2 Å². The van der Waals surface area contributed by atoms with Gasteiger partial charge in [-0.1, -0.05) is 20.8 Å². The molecule has 1 aromatic carbocycles. The first-order valence-corrected chi connectivity index (χ1v) is 13.8. The molecule has 2 aromatic heterocycles. The van der Waals surface area contributed by atoms with E-state index in [0.717, 1.165) is 48.1 Å². The Morgan fingerprint density at radius 1 is 1.19 bits per heavy atom. The summed E-state index contributed by atoms with van der Waals surface area (Å²) in [6, 6.07) is 6.31. The highest BCUT2D eigenvalue weighted by Gasteiger charge is 2.31. The van der Waals surface area contributed by atoms with Crippen LogP contribution in [0.3, 0.4) is 0 Å². The van der Waals surface area contributed by atoms with Crippen molar-refractivity contribution < 1.29 is 19.1 Å². The molecule has 5 rings (SSSR count). The second-order valence-corrected chi connectivity index (χ2v) is 12.1. The second kappa shape index (κ2) is 9.63. The first kappa shape index (κ1) is 25.5. The van der Waals surface area contributed by atoms with Crippen LogP contribution in [0.5, 0.6) is 5.75 Å². The van der Waals surface area contributed by atoms with E-state index < -0.39 is 11.4 Å². The number of aryl methyl sites for hydroxylation is 1. The summed E-state index contributed by atoms with van der Waals surface area (Å²) < 4.78 is 13.1. The SMILES string of the molecule is CCOC(=O)c1cn(C2CC2)c2c(OC)c(-c3cc4c(s3)CC(NC(=O)C(C)(C)C)CC4)ccc2c1=O. The lowest BCUT2D eigenvalue weighted by Crippen LogP contribution is -2.43. The molecule has 1 atom stereocenters. The Balaban J connectivity index is 1.55. The molecule has 1 amide bonds. The molecule has 2 aliphatic rings. The highest BCUT2D eigenvalue weighted by molar-refractivity contribution is 7.15.